The zero-order chi connectivity index (χ0) is 14.6. The van der Waals surface area contributed by atoms with Crippen LogP contribution in [-0.4, -0.2) is 41.7 Å². The largest absolute Gasteiger partial charge is 0.454 e. The molecule has 0 aromatic heterocycles. The van der Waals surface area contributed by atoms with Crippen molar-refractivity contribution in [1.29, 1.82) is 0 Å². The molecule has 0 aliphatic carbocycles. The van der Waals surface area contributed by atoms with Crippen LogP contribution < -0.4 is 14.8 Å². The van der Waals surface area contributed by atoms with Gasteiger partial charge >= 0.3 is 0 Å². The van der Waals surface area contributed by atoms with E-state index in [4.69, 9.17) is 14.6 Å². The van der Waals surface area contributed by atoms with Gasteiger partial charge in [0.25, 0.3) is 0 Å². The molecule has 1 aromatic rings. The maximum absolute atomic E-state index is 11.7. The fourth-order valence-corrected chi connectivity index (χ4v) is 1.79. The molecule has 0 radical (unpaired) electrons. The molecule has 1 aliphatic rings. The van der Waals surface area contributed by atoms with Crippen molar-refractivity contribution in [3.05, 3.63) is 23.8 Å². The molecule has 2 rings (SSSR count). The van der Waals surface area contributed by atoms with Gasteiger partial charge in [-0.1, -0.05) is 6.07 Å². The third-order valence-electron chi connectivity index (χ3n) is 3.08. The van der Waals surface area contributed by atoms with Crippen molar-refractivity contribution in [2.24, 2.45) is 0 Å². The minimum atomic E-state index is -1.28. The van der Waals surface area contributed by atoms with E-state index >= 15 is 0 Å². The summed E-state index contributed by atoms with van der Waals surface area (Å²) in [6.07, 6.45) is 0.880. The Kier molecular flexibility index (Phi) is 4.46. The van der Waals surface area contributed by atoms with Crippen molar-refractivity contribution in [1.82, 2.24) is 5.32 Å². The van der Waals surface area contributed by atoms with Gasteiger partial charge in [-0.05, 0) is 31.0 Å². The molecule has 3 N–H and O–H groups in total. The quantitative estimate of drug-likeness (QED) is 0.693. The summed E-state index contributed by atoms with van der Waals surface area (Å²) in [5.41, 5.74) is -0.299. The number of aliphatic hydroxyl groups excluding tert-OH is 1. The molecule has 20 heavy (non-hydrogen) atoms. The lowest BCUT2D eigenvalue weighted by atomic mass is 10.1. The highest BCUT2D eigenvalue weighted by Crippen LogP contribution is 2.32. The normalized spacial score (nSPS) is 15.8. The second-order valence-electron chi connectivity index (χ2n) is 5.12. The van der Waals surface area contributed by atoms with Crippen LogP contribution >= 0.6 is 0 Å². The molecule has 0 bridgehead atoms. The van der Waals surface area contributed by atoms with Crippen molar-refractivity contribution < 1.29 is 24.5 Å². The van der Waals surface area contributed by atoms with E-state index in [1.54, 1.807) is 0 Å². The number of nitrogens with one attached hydrogen (secondary N) is 1. The van der Waals surface area contributed by atoms with Gasteiger partial charge in [0.1, 0.15) is 5.60 Å². The number of aryl methyl sites for hydroxylation is 1. The first-order valence-electron chi connectivity index (χ1n) is 6.49. The van der Waals surface area contributed by atoms with Gasteiger partial charge in [0.15, 0.2) is 11.5 Å². The molecule has 6 heteroatoms. The van der Waals surface area contributed by atoms with Crippen molar-refractivity contribution in [2.45, 2.75) is 25.4 Å². The lowest BCUT2D eigenvalue weighted by Gasteiger charge is -2.20. The molecular weight excluding hydrogens is 262 g/mol. The molecule has 1 unspecified atom stereocenters. The van der Waals surface area contributed by atoms with Crippen molar-refractivity contribution in [3.63, 3.8) is 0 Å². The van der Waals surface area contributed by atoms with E-state index in [0.29, 0.717) is 18.6 Å². The monoisotopic (exact) mass is 281 g/mol. The average molecular weight is 281 g/mol. The van der Waals surface area contributed by atoms with E-state index in [1.165, 1.54) is 6.92 Å². The lowest BCUT2D eigenvalue weighted by molar-refractivity contribution is -0.122. The molecule has 1 aromatic carbocycles. The van der Waals surface area contributed by atoms with Gasteiger partial charge in [0.2, 0.25) is 12.7 Å². The smallest absolute Gasteiger partial charge is 0.231 e. The number of ether oxygens (including phenoxy) is 2. The first-order chi connectivity index (χ1) is 9.50. The third-order valence-corrected chi connectivity index (χ3v) is 3.08. The van der Waals surface area contributed by atoms with Crippen LogP contribution in [-0.2, 0) is 11.2 Å². The molecule has 1 atom stereocenters. The number of rotatable bonds is 6. The highest BCUT2D eigenvalue weighted by Gasteiger charge is 2.19. The van der Waals surface area contributed by atoms with E-state index in [9.17, 15) is 9.90 Å². The number of benzene rings is 1. The Morgan fingerprint density at radius 1 is 1.40 bits per heavy atom. The highest BCUT2D eigenvalue weighted by atomic mass is 16.7. The minimum absolute atomic E-state index is 0.0312. The predicted molar refractivity (Wildman–Crippen MR) is 71.6 cm³/mol. The standard InChI is InChI=1S/C14H19NO5/c1-14(18,8-16)7-15-13(17)5-3-10-2-4-11-12(6-10)20-9-19-11/h2,4,6,16,18H,3,5,7-9H2,1H3,(H,15,17). The molecule has 110 valence electrons. The van der Waals surface area contributed by atoms with Gasteiger partial charge in [0, 0.05) is 13.0 Å². The summed E-state index contributed by atoms with van der Waals surface area (Å²) in [7, 11) is 0. The third kappa shape index (κ3) is 3.85. The molecule has 0 fully saturated rings. The molecule has 1 amide bonds. The first-order valence-corrected chi connectivity index (χ1v) is 6.49. The summed E-state index contributed by atoms with van der Waals surface area (Å²) >= 11 is 0. The van der Waals surface area contributed by atoms with Gasteiger partial charge in [0.05, 0.1) is 6.61 Å². The summed E-state index contributed by atoms with van der Waals surface area (Å²) in [6, 6.07) is 5.58. The molecule has 0 saturated heterocycles. The minimum Gasteiger partial charge on any atom is -0.454 e. The van der Waals surface area contributed by atoms with Gasteiger partial charge < -0.3 is 25.0 Å². The molecule has 1 heterocycles. The molecular formula is C14H19NO5. The van der Waals surface area contributed by atoms with E-state index in [-0.39, 0.29) is 19.2 Å². The summed E-state index contributed by atoms with van der Waals surface area (Å²) < 4.78 is 10.5. The molecule has 0 spiro atoms. The Hall–Kier alpha value is -1.79. The number of amides is 1. The highest BCUT2D eigenvalue weighted by molar-refractivity contribution is 5.76. The number of hydrogen-bond acceptors (Lipinski definition) is 5. The van der Waals surface area contributed by atoms with Crippen LogP contribution in [0.1, 0.15) is 18.9 Å². The van der Waals surface area contributed by atoms with Gasteiger partial charge in [-0.2, -0.15) is 0 Å². The number of carbonyl (C=O) groups excluding carboxylic acids is 1. The SMILES string of the molecule is CC(O)(CO)CNC(=O)CCc1ccc2c(c1)OCO2. The Morgan fingerprint density at radius 2 is 2.15 bits per heavy atom. The van der Waals surface area contributed by atoms with Crippen LogP contribution in [0.5, 0.6) is 11.5 Å². The first kappa shape index (κ1) is 14.6. The predicted octanol–water partition coefficient (Wildman–Crippen LogP) is 0.207. The summed E-state index contributed by atoms with van der Waals surface area (Å²) in [5, 5.41) is 21.0. The van der Waals surface area contributed by atoms with E-state index in [2.05, 4.69) is 5.32 Å². The fraction of sp³-hybridized carbons (Fsp3) is 0.500. The van der Waals surface area contributed by atoms with Crippen molar-refractivity contribution >= 4 is 5.91 Å². The maximum atomic E-state index is 11.7. The van der Waals surface area contributed by atoms with Gasteiger partial charge in [-0.25, -0.2) is 0 Å². The van der Waals surface area contributed by atoms with Crippen LogP contribution in [0.4, 0.5) is 0 Å². The van der Waals surface area contributed by atoms with E-state index in [0.717, 1.165) is 11.3 Å². The van der Waals surface area contributed by atoms with Crippen molar-refractivity contribution in [3.8, 4) is 11.5 Å². The van der Waals surface area contributed by atoms with Gasteiger partial charge in [-0.15, -0.1) is 0 Å². The number of hydrogen-bond donors (Lipinski definition) is 3. The Balaban J connectivity index is 1.79. The molecule has 6 nitrogen and oxygen atoms in total. The number of fused-ring (bicyclic) bond motifs is 1. The Morgan fingerprint density at radius 3 is 2.90 bits per heavy atom. The number of aliphatic hydroxyl groups is 2. The van der Waals surface area contributed by atoms with E-state index < -0.39 is 12.2 Å². The van der Waals surface area contributed by atoms with Gasteiger partial charge in [-0.3, -0.25) is 4.79 Å². The Bertz CT molecular complexity index is 486. The summed E-state index contributed by atoms with van der Waals surface area (Å²) in [5.74, 6) is 1.25. The second kappa shape index (κ2) is 6.11. The Labute approximate surface area is 117 Å². The zero-order valence-corrected chi connectivity index (χ0v) is 11.4. The summed E-state index contributed by atoms with van der Waals surface area (Å²) in [4.78, 5) is 11.7. The molecule has 0 saturated carbocycles. The zero-order valence-electron chi connectivity index (χ0n) is 11.4. The number of carbonyl (C=O) groups is 1. The summed E-state index contributed by atoms with van der Waals surface area (Å²) in [6.45, 7) is 1.33. The maximum Gasteiger partial charge on any atom is 0.231 e. The van der Waals surface area contributed by atoms with Crippen LogP contribution in [0, 0.1) is 0 Å². The van der Waals surface area contributed by atoms with Crippen LogP contribution in [0.2, 0.25) is 0 Å². The van der Waals surface area contributed by atoms with Crippen LogP contribution in [0.25, 0.3) is 0 Å². The molecule has 1 aliphatic heterocycles. The average Bonchev–Trinajstić information content (AvgIpc) is 2.90. The topological polar surface area (TPSA) is 88.0 Å². The van der Waals surface area contributed by atoms with Crippen LogP contribution in [0.15, 0.2) is 18.2 Å². The van der Waals surface area contributed by atoms with Crippen LogP contribution in [0.3, 0.4) is 0 Å². The van der Waals surface area contributed by atoms with Crippen molar-refractivity contribution in [2.75, 3.05) is 19.9 Å². The fourth-order valence-electron chi connectivity index (χ4n) is 1.79. The van der Waals surface area contributed by atoms with E-state index in [1.807, 2.05) is 18.2 Å². The second-order valence-corrected chi connectivity index (χ2v) is 5.12. The lowest BCUT2D eigenvalue weighted by Crippen LogP contribution is -2.43.